The topological polar surface area (TPSA) is 51.8 Å². The lowest BCUT2D eigenvalue weighted by Crippen LogP contribution is -2.07. The van der Waals surface area contributed by atoms with Crippen LogP contribution in [0, 0.1) is 0 Å². The second-order valence-corrected chi connectivity index (χ2v) is 14.0. The SMILES string of the molecule is C1=CCC(c2nc(-c3ccccc3)nc(-c3ccc(-c4cccc5oc6ccc(-c7ccc(-c8ccc(-c9ccccc9)cc8)cc7)cc6c45)cc3)n2)C=C1. The monoisotopic (exact) mass is 705 g/mol. The lowest BCUT2D eigenvalue weighted by atomic mass is 9.95. The fourth-order valence-electron chi connectivity index (χ4n) is 7.56. The molecule has 2 heterocycles. The maximum absolute atomic E-state index is 6.41. The van der Waals surface area contributed by atoms with Gasteiger partial charge in [-0.25, -0.2) is 15.0 Å². The highest BCUT2D eigenvalue weighted by Gasteiger charge is 2.18. The van der Waals surface area contributed by atoms with E-state index in [4.69, 9.17) is 19.4 Å². The molecular weight excluding hydrogens is 671 g/mol. The van der Waals surface area contributed by atoms with Crippen molar-refractivity contribution in [3.8, 4) is 67.3 Å². The molecule has 0 saturated heterocycles. The van der Waals surface area contributed by atoms with Gasteiger partial charge in [0.05, 0.1) is 0 Å². The van der Waals surface area contributed by atoms with Crippen LogP contribution in [0.25, 0.3) is 89.2 Å². The van der Waals surface area contributed by atoms with Gasteiger partial charge in [-0.3, -0.25) is 0 Å². The normalized spacial score (nSPS) is 13.8. The van der Waals surface area contributed by atoms with Gasteiger partial charge in [0.25, 0.3) is 0 Å². The molecule has 0 amide bonds. The summed E-state index contributed by atoms with van der Waals surface area (Å²) in [5.41, 5.74) is 13.0. The van der Waals surface area contributed by atoms with Gasteiger partial charge < -0.3 is 4.42 Å². The molecule has 4 nitrogen and oxygen atoms in total. The molecule has 4 heteroatoms. The van der Waals surface area contributed by atoms with Crippen molar-refractivity contribution >= 4 is 21.9 Å². The first-order valence-electron chi connectivity index (χ1n) is 18.7. The first kappa shape index (κ1) is 32.5. The zero-order valence-corrected chi connectivity index (χ0v) is 30.0. The Kier molecular flexibility index (Phi) is 8.27. The van der Waals surface area contributed by atoms with Gasteiger partial charge in [-0.05, 0) is 69.1 Å². The van der Waals surface area contributed by atoms with Gasteiger partial charge in [-0.2, -0.15) is 0 Å². The smallest absolute Gasteiger partial charge is 0.163 e. The van der Waals surface area contributed by atoms with Crippen LogP contribution >= 0.6 is 0 Å². The maximum Gasteiger partial charge on any atom is 0.163 e. The molecule has 1 aliphatic carbocycles. The Morgan fingerprint density at radius 3 is 1.56 bits per heavy atom. The fourth-order valence-corrected chi connectivity index (χ4v) is 7.56. The van der Waals surface area contributed by atoms with Gasteiger partial charge >= 0.3 is 0 Å². The van der Waals surface area contributed by atoms with Crippen LogP contribution in [-0.2, 0) is 0 Å². The number of aromatic nitrogens is 3. The standard InChI is InChI=1S/C51H35N3O/c1-4-11-34(12-5-1)35-19-21-36(22-20-35)37-23-25-38(26-24-37)43-31-32-46-45(33-43)48-44(17-10-18-47(48)55-46)39-27-29-42(30-28-39)51-53-49(40-13-6-2-7-14-40)52-50(54-51)41-15-8-3-9-16-41/h1-15,17-33,41H,16H2. The van der Waals surface area contributed by atoms with Crippen molar-refractivity contribution in [2.75, 3.05) is 0 Å². The quantitative estimate of drug-likeness (QED) is 0.166. The Morgan fingerprint density at radius 1 is 0.418 bits per heavy atom. The van der Waals surface area contributed by atoms with E-state index in [1.54, 1.807) is 0 Å². The summed E-state index contributed by atoms with van der Waals surface area (Å²) in [5.74, 6) is 2.25. The van der Waals surface area contributed by atoms with Crippen molar-refractivity contribution in [3.63, 3.8) is 0 Å². The molecule has 10 rings (SSSR count). The molecule has 0 radical (unpaired) electrons. The molecule has 0 bridgehead atoms. The molecule has 1 aliphatic rings. The highest BCUT2D eigenvalue weighted by Crippen LogP contribution is 2.39. The molecule has 0 N–H and O–H groups in total. The number of furan rings is 1. The average molecular weight is 706 g/mol. The average Bonchev–Trinajstić information content (AvgIpc) is 3.66. The van der Waals surface area contributed by atoms with Crippen LogP contribution in [0.1, 0.15) is 18.2 Å². The predicted molar refractivity (Wildman–Crippen MR) is 225 cm³/mol. The van der Waals surface area contributed by atoms with E-state index in [1.807, 2.05) is 36.4 Å². The van der Waals surface area contributed by atoms with Crippen molar-refractivity contribution in [1.29, 1.82) is 0 Å². The third-order valence-electron chi connectivity index (χ3n) is 10.5. The summed E-state index contributed by atoms with van der Waals surface area (Å²) in [6.45, 7) is 0. The number of nitrogens with zero attached hydrogens (tertiary/aromatic N) is 3. The molecule has 9 aromatic rings. The summed E-state index contributed by atoms with van der Waals surface area (Å²) in [6, 6.07) is 59.6. The summed E-state index contributed by atoms with van der Waals surface area (Å²) in [7, 11) is 0. The molecule has 2 aromatic heterocycles. The van der Waals surface area contributed by atoms with Crippen molar-refractivity contribution < 1.29 is 4.42 Å². The first-order valence-corrected chi connectivity index (χ1v) is 18.7. The van der Waals surface area contributed by atoms with Crippen molar-refractivity contribution in [3.05, 3.63) is 200 Å². The lowest BCUT2D eigenvalue weighted by Gasteiger charge is -2.14. The number of hydrogen-bond donors (Lipinski definition) is 0. The third kappa shape index (κ3) is 6.34. The molecule has 7 aromatic carbocycles. The van der Waals surface area contributed by atoms with Crippen LogP contribution in [0.2, 0.25) is 0 Å². The Bertz CT molecular complexity index is 2850. The minimum Gasteiger partial charge on any atom is -0.456 e. The molecule has 1 unspecified atom stereocenters. The van der Waals surface area contributed by atoms with E-state index in [-0.39, 0.29) is 5.92 Å². The zero-order chi connectivity index (χ0) is 36.6. The van der Waals surface area contributed by atoms with Crippen LogP contribution in [0.15, 0.2) is 199 Å². The van der Waals surface area contributed by atoms with Crippen molar-refractivity contribution in [2.45, 2.75) is 12.3 Å². The predicted octanol–water partition coefficient (Wildman–Crippen LogP) is 13.4. The minimum atomic E-state index is 0.112. The largest absolute Gasteiger partial charge is 0.456 e. The van der Waals surface area contributed by atoms with E-state index < -0.39 is 0 Å². The Balaban J connectivity index is 0.969. The molecule has 260 valence electrons. The highest BCUT2D eigenvalue weighted by molar-refractivity contribution is 6.13. The van der Waals surface area contributed by atoms with Crippen LogP contribution in [0.3, 0.4) is 0 Å². The van der Waals surface area contributed by atoms with Gasteiger partial charge in [0.15, 0.2) is 11.6 Å². The van der Waals surface area contributed by atoms with Crippen LogP contribution in [0.5, 0.6) is 0 Å². The molecule has 0 fully saturated rings. The van der Waals surface area contributed by atoms with Crippen LogP contribution in [0.4, 0.5) is 0 Å². The van der Waals surface area contributed by atoms with E-state index in [2.05, 4.69) is 158 Å². The third-order valence-corrected chi connectivity index (χ3v) is 10.5. The second-order valence-electron chi connectivity index (χ2n) is 14.0. The Hall–Kier alpha value is -7.17. The zero-order valence-electron chi connectivity index (χ0n) is 30.0. The van der Waals surface area contributed by atoms with E-state index in [0.717, 1.165) is 67.6 Å². The Labute approximate surface area is 319 Å². The van der Waals surface area contributed by atoms with E-state index >= 15 is 0 Å². The van der Waals surface area contributed by atoms with Crippen LogP contribution < -0.4 is 0 Å². The van der Waals surface area contributed by atoms with Gasteiger partial charge in [0, 0.05) is 27.8 Å². The number of benzene rings is 7. The molecule has 55 heavy (non-hydrogen) atoms. The number of fused-ring (bicyclic) bond motifs is 3. The summed E-state index contributed by atoms with van der Waals surface area (Å²) >= 11 is 0. The molecule has 0 saturated carbocycles. The second kappa shape index (κ2) is 14.0. The summed E-state index contributed by atoms with van der Waals surface area (Å²) < 4.78 is 6.41. The molecule has 0 aliphatic heterocycles. The summed E-state index contributed by atoms with van der Waals surface area (Å²) in [6.07, 6.45) is 9.34. The number of rotatable bonds is 7. The van der Waals surface area contributed by atoms with Gasteiger partial charge in [0.2, 0.25) is 0 Å². The number of hydrogen-bond acceptors (Lipinski definition) is 4. The Morgan fingerprint density at radius 2 is 0.945 bits per heavy atom. The van der Waals surface area contributed by atoms with Crippen molar-refractivity contribution in [1.82, 2.24) is 15.0 Å². The molecular formula is C51H35N3O. The highest BCUT2D eigenvalue weighted by atomic mass is 16.3. The van der Waals surface area contributed by atoms with Gasteiger partial charge in [-0.15, -0.1) is 0 Å². The summed E-state index contributed by atoms with van der Waals surface area (Å²) in [4.78, 5) is 14.9. The van der Waals surface area contributed by atoms with Gasteiger partial charge in [0.1, 0.15) is 17.0 Å². The minimum absolute atomic E-state index is 0.112. The van der Waals surface area contributed by atoms with Gasteiger partial charge in [-0.1, -0.05) is 176 Å². The van der Waals surface area contributed by atoms with E-state index in [1.165, 1.54) is 22.3 Å². The van der Waals surface area contributed by atoms with E-state index in [0.29, 0.717) is 11.6 Å². The maximum atomic E-state index is 6.41. The van der Waals surface area contributed by atoms with Crippen LogP contribution in [-0.4, -0.2) is 15.0 Å². The van der Waals surface area contributed by atoms with Crippen molar-refractivity contribution in [2.24, 2.45) is 0 Å². The molecule has 1 atom stereocenters. The number of allylic oxidation sites excluding steroid dienone is 4. The fraction of sp³-hybridized carbons (Fsp3) is 0.0392. The van der Waals surface area contributed by atoms with E-state index in [9.17, 15) is 0 Å². The molecule has 0 spiro atoms. The first-order chi connectivity index (χ1) is 27.2. The lowest BCUT2D eigenvalue weighted by molar-refractivity contribution is 0.669. The summed E-state index contributed by atoms with van der Waals surface area (Å²) in [5, 5.41) is 2.20.